The van der Waals surface area contributed by atoms with Crippen LogP contribution in [0, 0.1) is 6.92 Å². The first-order valence-electron chi connectivity index (χ1n) is 12.7. The lowest BCUT2D eigenvalue weighted by atomic mass is 9.73. The number of aromatic nitrogens is 1. The summed E-state index contributed by atoms with van der Waals surface area (Å²) in [6, 6.07) is 23.9. The van der Waals surface area contributed by atoms with Gasteiger partial charge in [0.1, 0.15) is 5.75 Å². The lowest BCUT2D eigenvalue weighted by Gasteiger charge is -2.38. The van der Waals surface area contributed by atoms with Gasteiger partial charge in [-0.1, -0.05) is 36.4 Å². The van der Waals surface area contributed by atoms with Crippen molar-refractivity contribution in [2.75, 3.05) is 18.0 Å². The molecule has 6 nitrogen and oxygen atoms in total. The third-order valence-corrected chi connectivity index (χ3v) is 7.79. The third kappa shape index (κ3) is 4.07. The van der Waals surface area contributed by atoms with E-state index < -0.39 is 5.41 Å². The summed E-state index contributed by atoms with van der Waals surface area (Å²) in [5.41, 5.74) is 4.74. The predicted octanol–water partition coefficient (Wildman–Crippen LogP) is 5.68. The van der Waals surface area contributed by atoms with Crippen LogP contribution in [0.15, 0.2) is 79.0 Å². The van der Waals surface area contributed by atoms with Gasteiger partial charge in [0.15, 0.2) is 0 Å². The standard InChI is InChI=1S/C31H29N3O3/c1-21-6-5-15-32-28(21)20-33-16-13-31(14-17-33)27-7-3-4-8-29(27)34(30(31)36)25-11-9-24-19-26(37-22(2)35)12-10-23(24)18-25/h3-12,15,18-19H,13-14,16-17,20H2,1-2H3. The Bertz CT molecular complexity index is 1520. The Morgan fingerprint density at radius 3 is 2.51 bits per heavy atom. The van der Waals surface area contributed by atoms with E-state index in [1.807, 2.05) is 59.6 Å². The summed E-state index contributed by atoms with van der Waals surface area (Å²) in [7, 11) is 0. The molecule has 0 N–H and O–H groups in total. The SMILES string of the molecule is CC(=O)Oc1ccc2cc(N3C(=O)C4(CCN(Cc5ncccc5C)CC4)c4ccccc43)ccc2c1. The van der Waals surface area contributed by atoms with Gasteiger partial charge in [-0.25, -0.2) is 0 Å². The van der Waals surface area contributed by atoms with Crippen LogP contribution in [0.25, 0.3) is 10.8 Å². The van der Waals surface area contributed by atoms with Crippen molar-refractivity contribution in [3.05, 3.63) is 95.8 Å². The summed E-state index contributed by atoms with van der Waals surface area (Å²) in [6.07, 6.45) is 3.41. The van der Waals surface area contributed by atoms with E-state index in [1.54, 1.807) is 6.07 Å². The summed E-state index contributed by atoms with van der Waals surface area (Å²) in [6.45, 7) is 6.00. The number of anilines is 2. The molecule has 0 atom stereocenters. The van der Waals surface area contributed by atoms with Crippen molar-refractivity contribution in [2.45, 2.75) is 38.6 Å². The Morgan fingerprint density at radius 1 is 0.973 bits per heavy atom. The number of rotatable bonds is 4. The zero-order valence-corrected chi connectivity index (χ0v) is 21.1. The molecule has 37 heavy (non-hydrogen) atoms. The monoisotopic (exact) mass is 491 g/mol. The van der Waals surface area contributed by atoms with Crippen molar-refractivity contribution in [2.24, 2.45) is 0 Å². The number of pyridine rings is 1. The largest absolute Gasteiger partial charge is 0.427 e. The molecule has 0 aliphatic carbocycles. The molecule has 1 fully saturated rings. The van der Waals surface area contributed by atoms with Crippen LogP contribution in [0.2, 0.25) is 0 Å². The normalized spacial score (nSPS) is 16.8. The lowest BCUT2D eigenvalue weighted by Crippen LogP contribution is -2.47. The van der Waals surface area contributed by atoms with Crippen LogP contribution in [0.3, 0.4) is 0 Å². The van der Waals surface area contributed by atoms with Crippen LogP contribution >= 0.6 is 0 Å². The van der Waals surface area contributed by atoms with Gasteiger partial charge in [-0.05, 0) is 91.2 Å². The van der Waals surface area contributed by atoms with Crippen molar-refractivity contribution < 1.29 is 14.3 Å². The number of hydrogen-bond acceptors (Lipinski definition) is 5. The van der Waals surface area contributed by atoms with E-state index >= 15 is 0 Å². The molecule has 4 aromatic rings. The molecule has 0 unspecified atom stereocenters. The number of para-hydroxylation sites is 1. The minimum Gasteiger partial charge on any atom is -0.427 e. The maximum Gasteiger partial charge on any atom is 0.308 e. The van der Waals surface area contributed by atoms with Gasteiger partial charge in [0, 0.05) is 25.4 Å². The lowest BCUT2D eigenvalue weighted by molar-refractivity contribution is -0.131. The quantitative estimate of drug-likeness (QED) is 0.271. The van der Waals surface area contributed by atoms with E-state index in [0.717, 1.165) is 65.9 Å². The van der Waals surface area contributed by atoms with E-state index in [1.165, 1.54) is 12.5 Å². The second-order valence-corrected chi connectivity index (χ2v) is 10.1. The number of carbonyl (C=O) groups is 2. The van der Waals surface area contributed by atoms with Crippen molar-refractivity contribution in [1.29, 1.82) is 0 Å². The number of ether oxygens (including phenoxy) is 1. The van der Waals surface area contributed by atoms with Crippen LogP contribution in [0.5, 0.6) is 5.75 Å². The molecule has 3 aromatic carbocycles. The molecule has 1 aromatic heterocycles. The van der Waals surface area contributed by atoms with Crippen LogP contribution < -0.4 is 9.64 Å². The Morgan fingerprint density at radius 2 is 1.73 bits per heavy atom. The smallest absolute Gasteiger partial charge is 0.308 e. The van der Waals surface area contributed by atoms with Crippen LogP contribution in [-0.4, -0.2) is 34.8 Å². The molecule has 0 radical (unpaired) electrons. The number of fused-ring (bicyclic) bond motifs is 3. The second kappa shape index (κ2) is 9.12. The fourth-order valence-electron chi connectivity index (χ4n) is 5.82. The molecule has 1 saturated heterocycles. The summed E-state index contributed by atoms with van der Waals surface area (Å²) < 4.78 is 5.23. The Labute approximate surface area is 216 Å². The number of likely N-dealkylation sites (tertiary alicyclic amines) is 1. The molecule has 2 aliphatic heterocycles. The first-order chi connectivity index (χ1) is 17.9. The fourth-order valence-corrected chi connectivity index (χ4v) is 5.82. The molecule has 1 spiro atoms. The van der Waals surface area contributed by atoms with Gasteiger partial charge in [0.05, 0.1) is 16.8 Å². The van der Waals surface area contributed by atoms with Crippen LogP contribution in [0.1, 0.15) is 36.6 Å². The highest BCUT2D eigenvalue weighted by atomic mass is 16.5. The second-order valence-electron chi connectivity index (χ2n) is 10.1. The van der Waals surface area contributed by atoms with E-state index in [-0.39, 0.29) is 11.9 Å². The third-order valence-electron chi connectivity index (χ3n) is 7.79. The highest BCUT2D eigenvalue weighted by molar-refractivity contribution is 6.13. The summed E-state index contributed by atoms with van der Waals surface area (Å²) in [4.78, 5) is 34.4. The predicted molar refractivity (Wildman–Crippen MR) is 144 cm³/mol. The number of hydrogen-bond donors (Lipinski definition) is 0. The van der Waals surface area contributed by atoms with E-state index in [2.05, 4.69) is 35.0 Å². The Kier molecular flexibility index (Phi) is 5.76. The molecule has 186 valence electrons. The van der Waals surface area contributed by atoms with Gasteiger partial charge in [-0.3, -0.25) is 24.4 Å². The number of esters is 1. The van der Waals surface area contributed by atoms with Gasteiger partial charge >= 0.3 is 5.97 Å². The fraction of sp³-hybridized carbons (Fsp3) is 0.258. The molecule has 0 bridgehead atoms. The molecular formula is C31H29N3O3. The summed E-state index contributed by atoms with van der Waals surface area (Å²) >= 11 is 0. The summed E-state index contributed by atoms with van der Waals surface area (Å²) in [5.74, 6) is 0.321. The van der Waals surface area contributed by atoms with Crippen molar-refractivity contribution >= 4 is 34.0 Å². The van der Waals surface area contributed by atoms with Crippen LogP contribution in [-0.2, 0) is 21.5 Å². The van der Waals surface area contributed by atoms with E-state index in [9.17, 15) is 9.59 Å². The molecule has 1 amide bonds. The number of benzene rings is 3. The average molecular weight is 492 g/mol. The zero-order valence-electron chi connectivity index (χ0n) is 21.1. The molecule has 0 saturated carbocycles. The molecule has 2 aliphatic rings. The minimum atomic E-state index is -0.513. The maximum atomic E-state index is 14.2. The molecule has 3 heterocycles. The number of aryl methyl sites for hydroxylation is 1. The molecule has 6 heteroatoms. The van der Waals surface area contributed by atoms with Crippen molar-refractivity contribution in [1.82, 2.24) is 9.88 Å². The number of piperidine rings is 1. The van der Waals surface area contributed by atoms with E-state index in [0.29, 0.717) is 5.75 Å². The highest BCUT2D eigenvalue weighted by Crippen LogP contribution is 2.50. The molecular weight excluding hydrogens is 462 g/mol. The average Bonchev–Trinajstić information content (AvgIpc) is 3.13. The Hall–Kier alpha value is -4.03. The van der Waals surface area contributed by atoms with Crippen molar-refractivity contribution in [3.8, 4) is 5.75 Å². The van der Waals surface area contributed by atoms with Gasteiger partial charge in [-0.2, -0.15) is 0 Å². The van der Waals surface area contributed by atoms with E-state index in [4.69, 9.17) is 4.74 Å². The van der Waals surface area contributed by atoms with Crippen LogP contribution in [0.4, 0.5) is 11.4 Å². The highest BCUT2D eigenvalue weighted by Gasteiger charge is 2.52. The van der Waals surface area contributed by atoms with Gasteiger partial charge in [0.2, 0.25) is 5.91 Å². The number of nitrogens with zero attached hydrogens (tertiary/aromatic N) is 3. The first-order valence-corrected chi connectivity index (χ1v) is 12.7. The Balaban J connectivity index is 1.29. The van der Waals surface area contributed by atoms with Gasteiger partial charge in [-0.15, -0.1) is 0 Å². The number of carbonyl (C=O) groups excluding carboxylic acids is 2. The minimum absolute atomic E-state index is 0.151. The first kappa shape index (κ1) is 23.4. The summed E-state index contributed by atoms with van der Waals surface area (Å²) in [5, 5.41) is 1.94. The van der Waals surface area contributed by atoms with Crippen molar-refractivity contribution in [3.63, 3.8) is 0 Å². The molecule has 6 rings (SSSR count). The maximum absolute atomic E-state index is 14.2. The van der Waals surface area contributed by atoms with Gasteiger partial charge in [0.25, 0.3) is 0 Å². The topological polar surface area (TPSA) is 62.7 Å². The zero-order chi connectivity index (χ0) is 25.6. The van der Waals surface area contributed by atoms with Gasteiger partial charge < -0.3 is 4.74 Å². The number of amides is 1.